The van der Waals surface area contributed by atoms with Crippen molar-refractivity contribution >= 4 is 0 Å². The van der Waals surface area contributed by atoms with E-state index in [1.807, 2.05) is 7.05 Å². The maximum absolute atomic E-state index is 9.20. The van der Waals surface area contributed by atoms with Gasteiger partial charge in [-0.2, -0.15) is 5.26 Å². The first-order valence-electron chi connectivity index (χ1n) is 5.89. The lowest BCUT2D eigenvalue weighted by atomic mass is 10.00. The maximum atomic E-state index is 9.20. The fourth-order valence-corrected chi connectivity index (χ4v) is 2.47. The summed E-state index contributed by atoms with van der Waals surface area (Å²) >= 11 is 0. The van der Waals surface area contributed by atoms with E-state index in [-0.39, 0.29) is 5.54 Å². The molecule has 0 amide bonds. The highest BCUT2D eigenvalue weighted by Crippen LogP contribution is 2.32. The third-order valence-corrected chi connectivity index (χ3v) is 3.86. The quantitative estimate of drug-likeness (QED) is 0.758. The number of hydrogen-bond donors (Lipinski definition) is 1. The molecule has 1 rings (SSSR count). The van der Waals surface area contributed by atoms with Crippen molar-refractivity contribution in [2.24, 2.45) is 0 Å². The summed E-state index contributed by atoms with van der Waals surface area (Å²) in [5.41, 5.74) is -0.314. The molecule has 0 spiro atoms. The van der Waals surface area contributed by atoms with Crippen molar-refractivity contribution < 1.29 is 4.74 Å². The van der Waals surface area contributed by atoms with Crippen molar-refractivity contribution in [3.05, 3.63) is 0 Å². The first-order chi connectivity index (χ1) is 7.58. The Morgan fingerprint density at radius 1 is 1.69 bits per heavy atom. The van der Waals surface area contributed by atoms with Crippen LogP contribution in [-0.4, -0.2) is 50.3 Å². The van der Waals surface area contributed by atoms with Crippen LogP contribution in [0.25, 0.3) is 0 Å². The van der Waals surface area contributed by atoms with Gasteiger partial charge in [-0.3, -0.25) is 4.90 Å². The van der Waals surface area contributed by atoms with Crippen LogP contribution in [0.4, 0.5) is 0 Å². The van der Waals surface area contributed by atoms with E-state index in [0.29, 0.717) is 12.1 Å². The minimum absolute atomic E-state index is 0.314. The first-order valence-corrected chi connectivity index (χ1v) is 5.89. The molecule has 0 aliphatic heterocycles. The van der Waals surface area contributed by atoms with Crippen LogP contribution in [0, 0.1) is 11.3 Å². The molecule has 1 aliphatic rings. The van der Waals surface area contributed by atoms with Gasteiger partial charge in [0.25, 0.3) is 0 Å². The molecule has 4 heteroatoms. The first kappa shape index (κ1) is 13.4. The van der Waals surface area contributed by atoms with Crippen molar-refractivity contribution in [1.29, 1.82) is 5.26 Å². The second kappa shape index (κ2) is 5.62. The standard InChI is InChI=1S/C12H23N3O/c1-10(8-16-4)15(3)11-5-6-12(7-11,9-13)14-2/h10-11,14H,5-8H2,1-4H3. The summed E-state index contributed by atoms with van der Waals surface area (Å²) in [6.07, 6.45) is 2.93. The van der Waals surface area contributed by atoms with Gasteiger partial charge in [-0.1, -0.05) is 0 Å². The molecule has 4 nitrogen and oxygen atoms in total. The van der Waals surface area contributed by atoms with Crippen LogP contribution in [0.1, 0.15) is 26.2 Å². The van der Waals surface area contributed by atoms with Crippen molar-refractivity contribution in [1.82, 2.24) is 10.2 Å². The van der Waals surface area contributed by atoms with Gasteiger partial charge in [-0.25, -0.2) is 0 Å². The Bertz CT molecular complexity index is 263. The number of ether oxygens (including phenoxy) is 1. The number of nitriles is 1. The summed E-state index contributed by atoms with van der Waals surface area (Å²) in [6, 6.07) is 3.30. The molecule has 0 saturated heterocycles. The zero-order valence-electron chi connectivity index (χ0n) is 10.8. The van der Waals surface area contributed by atoms with Crippen LogP contribution in [0.3, 0.4) is 0 Å². The highest BCUT2D eigenvalue weighted by atomic mass is 16.5. The lowest BCUT2D eigenvalue weighted by Gasteiger charge is -2.31. The zero-order valence-corrected chi connectivity index (χ0v) is 10.8. The Morgan fingerprint density at radius 2 is 2.38 bits per heavy atom. The average molecular weight is 225 g/mol. The summed E-state index contributed by atoms with van der Waals surface area (Å²) in [6.45, 7) is 2.90. The molecule has 0 radical (unpaired) electrons. The highest BCUT2D eigenvalue weighted by molar-refractivity contribution is 5.12. The number of methoxy groups -OCH3 is 1. The van der Waals surface area contributed by atoms with Crippen LogP contribution in [-0.2, 0) is 4.74 Å². The largest absolute Gasteiger partial charge is 0.383 e. The normalized spacial score (nSPS) is 31.6. The summed E-state index contributed by atoms with van der Waals surface area (Å²) < 4.78 is 5.17. The van der Waals surface area contributed by atoms with Crippen LogP contribution in [0.15, 0.2) is 0 Å². The van der Waals surface area contributed by atoms with E-state index in [1.165, 1.54) is 0 Å². The number of nitrogens with one attached hydrogen (secondary N) is 1. The molecule has 3 unspecified atom stereocenters. The third-order valence-electron chi connectivity index (χ3n) is 3.86. The Morgan fingerprint density at radius 3 is 2.81 bits per heavy atom. The van der Waals surface area contributed by atoms with E-state index < -0.39 is 0 Å². The van der Waals surface area contributed by atoms with E-state index in [1.54, 1.807) is 7.11 Å². The Kier molecular flexibility index (Phi) is 4.72. The molecule has 0 heterocycles. The van der Waals surface area contributed by atoms with Gasteiger partial charge in [0, 0.05) is 19.2 Å². The topological polar surface area (TPSA) is 48.3 Å². The SMILES string of the molecule is CNC1(C#N)CCC(N(C)C(C)COC)C1. The molecule has 1 saturated carbocycles. The fraction of sp³-hybridized carbons (Fsp3) is 0.917. The van der Waals surface area contributed by atoms with Gasteiger partial charge in [-0.05, 0) is 40.3 Å². The van der Waals surface area contributed by atoms with Gasteiger partial charge < -0.3 is 10.1 Å². The van der Waals surface area contributed by atoms with Crippen LogP contribution < -0.4 is 5.32 Å². The Balaban J connectivity index is 2.56. The maximum Gasteiger partial charge on any atom is 0.108 e. The van der Waals surface area contributed by atoms with E-state index >= 15 is 0 Å². The molecule has 0 bridgehead atoms. The molecule has 0 aromatic carbocycles. The molecular weight excluding hydrogens is 202 g/mol. The summed E-state index contributed by atoms with van der Waals surface area (Å²) in [4.78, 5) is 2.33. The number of nitrogens with zero attached hydrogens (tertiary/aromatic N) is 2. The van der Waals surface area contributed by atoms with Gasteiger partial charge in [0.05, 0.1) is 12.7 Å². The van der Waals surface area contributed by atoms with Crippen molar-refractivity contribution in [3.63, 3.8) is 0 Å². The average Bonchev–Trinajstić information content (AvgIpc) is 2.73. The third kappa shape index (κ3) is 2.73. The Hall–Kier alpha value is -0.630. The van der Waals surface area contributed by atoms with E-state index in [9.17, 15) is 5.26 Å². The van der Waals surface area contributed by atoms with Crippen molar-refractivity contribution in [3.8, 4) is 6.07 Å². The molecule has 0 aromatic rings. The van der Waals surface area contributed by atoms with Gasteiger partial charge in [-0.15, -0.1) is 0 Å². The van der Waals surface area contributed by atoms with E-state index in [0.717, 1.165) is 25.9 Å². The zero-order chi connectivity index (χ0) is 12.2. The number of likely N-dealkylation sites (N-methyl/N-ethyl adjacent to an activating group) is 1. The Labute approximate surface area is 98.6 Å². The fourth-order valence-electron chi connectivity index (χ4n) is 2.47. The minimum atomic E-state index is -0.314. The molecule has 1 fully saturated rings. The second-order valence-corrected chi connectivity index (χ2v) is 4.81. The lowest BCUT2D eigenvalue weighted by Crippen LogP contribution is -2.44. The van der Waals surface area contributed by atoms with E-state index in [4.69, 9.17) is 4.74 Å². The monoisotopic (exact) mass is 225 g/mol. The van der Waals surface area contributed by atoms with E-state index in [2.05, 4.69) is 30.3 Å². The summed E-state index contributed by atoms with van der Waals surface area (Å²) in [5.74, 6) is 0. The smallest absolute Gasteiger partial charge is 0.108 e. The molecule has 3 atom stereocenters. The molecule has 92 valence electrons. The second-order valence-electron chi connectivity index (χ2n) is 4.81. The van der Waals surface area contributed by atoms with Crippen molar-refractivity contribution in [2.45, 2.75) is 43.8 Å². The van der Waals surface area contributed by atoms with Gasteiger partial charge in [0.15, 0.2) is 0 Å². The number of hydrogen-bond acceptors (Lipinski definition) is 4. The minimum Gasteiger partial charge on any atom is -0.383 e. The van der Waals surface area contributed by atoms with Gasteiger partial charge >= 0.3 is 0 Å². The predicted molar refractivity (Wildman–Crippen MR) is 64.1 cm³/mol. The number of rotatable bonds is 5. The molecular formula is C12H23N3O. The van der Waals surface area contributed by atoms with Gasteiger partial charge in [0.1, 0.15) is 5.54 Å². The summed E-state index contributed by atoms with van der Waals surface area (Å²) in [7, 11) is 5.73. The van der Waals surface area contributed by atoms with Gasteiger partial charge in [0.2, 0.25) is 0 Å². The summed E-state index contributed by atoms with van der Waals surface area (Å²) in [5, 5.41) is 12.4. The van der Waals surface area contributed by atoms with Crippen molar-refractivity contribution in [2.75, 3.05) is 27.8 Å². The molecule has 0 aromatic heterocycles. The lowest BCUT2D eigenvalue weighted by molar-refractivity contribution is 0.0891. The highest BCUT2D eigenvalue weighted by Gasteiger charge is 2.40. The van der Waals surface area contributed by atoms with Crippen LogP contribution in [0.2, 0.25) is 0 Å². The molecule has 16 heavy (non-hydrogen) atoms. The molecule has 1 aliphatic carbocycles. The van der Waals surface area contributed by atoms with Crippen LogP contribution in [0.5, 0.6) is 0 Å². The predicted octanol–water partition coefficient (Wildman–Crippen LogP) is 0.987. The molecule has 1 N–H and O–H groups in total. The van der Waals surface area contributed by atoms with Crippen LogP contribution >= 0.6 is 0 Å².